The van der Waals surface area contributed by atoms with E-state index in [1.807, 2.05) is 24.3 Å². The first-order valence-electron chi connectivity index (χ1n) is 16.7. The number of ether oxygens (including phenoxy) is 3. The van der Waals surface area contributed by atoms with Crippen molar-refractivity contribution in [1.82, 2.24) is 0 Å². The van der Waals surface area contributed by atoms with Crippen molar-refractivity contribution < 1.29 is 38.8 Å². The standard InChI is InChI=1S/C36H56O8S/c1-5-16-36(17-6-2,18-7-3)35(41)44-20-19-43-34(40)12-9-21-45-22-15-31-30(32(38)25-33(31)39)14-13-29(37)24-27-10-8-11-28(23-27)26-42-4/h8,10-11,13-14,23,29-32,37-38H,5-7,9,12,15-22,24-26H2,1-4H3/t29-,30-,31-,32-/m1/s1. The molecule has 1 aliphatic rings. The second kappa shape index (κ2) is 21.6. The van der Waals surface area contributed by atoms with E-state index < -0.39 is 17.6 Å². The molecule has 0 aliphatic heterocycles. The number of aliphatic hydroxyl groups excluding tert-OH is 2. The Hall–Kier alpha value is -2.20. The van der Waals surface area contributed by atoms with Gasteiger partial charge in [0.25, 0.3) is 0 Å². The lowest BCUT2D eigenvalue weighted by atomic mass is 9.75. The summed E-state index contributed by atoms with van der Waals surface area (Å²) in [5.74, 6) is 0.473. The Kier molecular flexibility index (Phi) is 18.7. The van der Waals surface area contributed by atoms with Crippen LogP contribution in [0.25, 0.3) is 0 Å². The summed E-state index contributed by atoms with van der Waals surface area (Å²) in [6, 6.07) is 7.88. The molecule has 4 atom stereocenters. The van der Waals surface area contributed by atoms with Gasteiger partial charge in [0.1, 0.15) is 19.0 Å². The lowest BCUT2D eigenvalue weighted by Gasteiger charge is -2.30. The Labute approximate surface area is 274 Å². The van der Waals surface area contributed by atoms with Crippen LogP contribution >= 0.6 is 11.8 Å². The molecule has 0 unspecified atom stereocenters. The molecule has 0 radical (unpaired) electrons. The highest BCUT2D eigenvalue weighted by Crippen LogP contribution is 2.37. The minimum atomic E-state index is -0.739. The number of carbonyl (C=O) groups is 3. The molecular formula is C36H56O8S. The number of carbonyl (C=O) groups excluding carboxylic acids is 3. The molecule has 2 rings (SSSR count). The van der Waals surface area contributed by atoms with E-state index >= 15 is 0 Å². The van der Waals surface area contributed by atoms with Crippen LogP contribution in [0.2, 0.25) is 0 Å². The van der Waals surface area contributed by atoms with Gasteiger partial charge >= 0.3 is 11.9 Å². The van der Waals surface area contributed by atoms with E-state index in [-0.39, 0.29) is 55.6 Å². The lowest BCUT2D eigenvalue weighted by Crippen LogP contribution is -2.34. The third-order valence-corrected chi connectivity index (χ3v) is 9.58. The van der Waals surface area contributed by atoms with Gasteiger partial charge in [0.15, 0.2) is 0 Å². The zero-order chi connectivity index (χ0) is 33.1. The molecule has 1 saturated carbocycles. The van der Waals surface area contributed by atoms with Crippen LogP contribution in [0.3, 0.4) is 0 Å². The van der Waals surface area contributed by atoms with E-state index in [0.29, 0.717) is 25.9 Å². The van der Waals surface area contributed by atoms with Crippen LogP contribution in [-0.4, -0.2) is 72.0 Å². The molecule has 8 nitrogen and oxygen atoms in total. The Morgan fingerprint density at radius 2 is 1.71 bits per heavy atom. The maximum atomic E-state index is 12.8. The summed E-state index contributed by atoms with van der Waals surface area (Å²) in [6.45, 7) is 6.90. The molecule has 0 saturated heterocycles. The SMILES string of the molecule is CCCC(CCC)(CCC)C(=O)OCCOC(=O)CCCSCC[C@H]1C(=O)C[C@@H](O)[C@@H]1C=C[C@@H](O)Cc1cccc(COC)c1. The van der Waals surface area contributed by atoms with Crippen molar-refractivity contribution in [1.29, 1.82) is 0 Å². The average molecular weight is 649 g/mol. The second-order valence-electron chi connectivity index (χ2n) is 12.2. The fraction of sp³-hybridized carbons (Fsp3) is 0.694. The predicted molar refractivity (Wildman–Crippen MR) is 179 cm³/mol. The van der Waals surface area contributed by atoms with E-state index in [1.165, 1.54) is 0 Å². The van der Waals surface area contributed by atoms with Gasteiger partial charge in [0.05, 0.1) is 24.2 Å². The quantitative estimate of drug-likeness (QED) is 0.0808. The first-order chi connectivity index (χ1) is 21.7. The van der Waals surface area contributed by atoms with Crippen molar-refractivity contribution >= 4 is 29.5 Å². The zero-order valence-electron chi connectivity index (χ0n) is 27.8. The fourth-order valence-electron chi connectivity index (χ4n) is 6.43. The van der Waals surface area contributed by atoms with Gasteiger partial charge in [-0.05, 0) is 54.7 Å². The number of methoxy groups -OCH3 is 1. The van der Waals surface area contributed by atoms with Crippen molar-refractivity contribution in [2.24, 2.45) is 17.3 Å². The molecule has 1 aromatic carbocycles. The third-order valence-electron chi connectivity index (χ3n) is 8.48. The summed E-state index contributed by atoms with van der Waals surface area (Å²) in [7, 11) is 1.65. The van der Waals surface area contributed by atoms with Crippen molar-refractivity contribution in [3.8, 4) is 0 Å². The molecule has 9 heteroatoms. The number of thioether (sulfide) groups is 1. The number of rotatable bonds is 23. The molecule has 254 valence electrons. The number of hydrogen-bond donors (Lipinski definition) is 2. The van der Waals surface area contributed by atoms with Gasteiger partial charge in [-0.2, -0.15) is 11.8 Å². The minimum absolute atomic E-state index is 0.0557. The summed E-state index contributed by atoms with van der Waals surface area (Å²) in [5, 5.41) is 21.1. The van der Waals surface area contributed by atoms with E-state index in [4.69, 9.17) is 14.2 Å². The van der Waals surface area contributed by atoms with Gasteiger partial charge in [0.2, 0.25) is 0 Å². The molecule has 45 heavy (non-hydrogen) atoms. The molecule has 0 spiro atoms. The first kappa shape index (κ1) is 39.0. The number of aliphatic hydroxyl groups is 2. The largest absolute Gasteiger partial charge is 0.462 e. The molecule has 2 N–H and O–H groups in total. The Bertz CT molecular complexity index is 1040. The van der Waals surface area contributed by atoms with Gasteiger partial charge in [0, 0.05) is 38.2 Å². The van der Waals surface area contributed by atoms with E-state index in [0.717, 1.165) is 61.2 Å². The predicted octanol–water partition coefficient (Wildman–Crippen LogP) is 6.24. The molecule has 0 bridgehead atoms. The number of ketones is 1. The number of hydrogen-bond acceptors (Lipinski definition) is 9. The van der Waals surface area contributed by atoms with Gasteiger partial charge in [-0.3, -0.25) is 14.4 Å². The van der Waals surface area contributed by atoms with Crippen LogP contribution in [0, 0.1) is 17.3 Å². The fourth-order valence-corrected chi connectivity index (χ4v) is 7.41. The topological polar surface area (TPSA) is 119 Å². The van der Waals surface area contributed by atoms with Gasteiger partial charge in [-0.1, -0.05) is 76.5 Å². The maximum absolute atomic E-state index is 12.8. The van der Waals surface area contributed by atoms with E-state index in [1.54, 1.807) is 31.0 Å². The highest BCUT2D eigenvalue weighted by Gasteiger charge is 2.39. The van der Waals surface area contributed by atoms with Crippen molar-refractivity contribution in [3.05, 3.63) is 47.5 Å². The maximum Gasteiger partial charge on any atom is 0.312 e. The lowest BCUT2D eigenvalue weighted by molar-refractivity contribution is -0.162. The van der Waals surface area contributed by atoms with Crippen LogP contribution in [0.1, 0.15) is 96.1 Å². The molecule has 0 amide bonds. The van der Waals surface area contributed by atoms with Crippen molar-refractivity contribution in [2.45, 2.75) is 110 Å². The monoisotopic (exact) mass is 648 g/mol. The molecule has 0 aromatic heterocycles. The Balaban J connectivity index is 1.67. The molecule has 0 heterocycles. The zero-order valence-corrected chi connectivity index (χ0v) is 28.7. The Morgan fingerprint density at radius 1 is 1.04 bits per heavy atom. The van der Waals surface area contributed by atoms with Crippen LogP contribution in [-0.2, 0) is 41.6 Å². The number of benzene rings is 1. The van der Waals surface area contributed by atoms with Gasteiger partial charge < -0.3 is 24.4 Å². The average Bonchev–Trinajstić information content (AvgIpc) is 3.27. The van der Waals surface area contributed by atoms with Gasteiger partial charge in [-0.25, -0.2) is 0 Å². The normalized spacial score (nSPS) is 19.2. The Morgan fingerprint density at radius 3 is 2.38 bits per heavy atom. The smallest absolute Gasteiger partial charge is 0.312 e. The molecule has 1 aliphatic carbocycles. The summed E-state index contributed by atoms with van der Waals surface area (Å²) >= 11 is 1.67. The van der Waals surface area contributed by atoms with Crippen molar-refractivity contribution in [2.75, 3.05) is 31.8 Å². The third kappa shape index (κ3) is 13.6. The number of esters is 2. The van der Waals surface area contributed by atoms with E-state index in [9.17, 15) is 24.6 Å². The highest BCUT2D eigenvalue weighted by molar-refractivity contribution is 7.99. The van der Waals surface area contributed by atoms with E-state index in [2.05, 4.69) is 20.8 Å². The molecular weight excluding hydrogens is 592 g/mol. The summed E-state index contributed by atoms with van der Waals surface area (Å²) in [5.41, 5.74) is 1.60. The summed E-state index contributed by atoms with van der Waals surface area (Å²) in [4.78, 5) is 37.6. The van der Waals surface area contributed by atoms with Crippen LogP contribution < -0.4 is 0 Å². The van der Waals surface area contributed by atoms with Crippen molar-refractivity contribution in [3.63, 3.8) is 0 Å². The minimum Gasteiger partial charge on any atom is -0.462 e. The highest BCUT2D eigenvalue weighted by atomic mass is 32.2. The van der Waals surface area contributed by atoms with Crippen LogP contribution in [0.15, 0.2) is 36.4 Å². The molecule has 1 fully saturated rings. The summed E-state index contributed by atoms with van der Waals surface area (Å²) in [6.07, 6.45) is 9.40. The number of Topliss-reactive ketones (excluding diaryl/α,β-unsaturated/α-hetero) is 1. The second-order valence-corrected chi connectivity index (χ2v) is 13.4. The van der Waals surface area contributed by atoms with Crippen LogP contribution in [0.4, 0.5) is 0 Å². The summed E-state index contributed by atoms with van der Waals surface area (Å²) < 4.78 is 16.0. The first-order valence-corrected chi connectivity index (χ1v) is 17.9. The van der Waals surface area contributed by atoms with Gasteiger partial charge in [-0.15, -0.1) is 0 Å². The van der Waals surface area contributed by atoms with Crippen LogP contribution in [0.5, 0.6) is 0 Å². The molecule has 1 aromatic rings.